The molecule has 0 aromatic carbocycles. The van der Waals surface area contributed by atoms with Gasteiger partial charge in [0.15, 0.2) is 5.65 Å². The van der Waals surface area contributed by atoms with E-state index >= 15 is 0 Å². The van der Waals surface area contributed by atoms with Gasteiger partial charge in [0.1, 0.15) is 11.3 Å². The zero-order valence-electron chi connectivity index (χ0n) is 12.1. The van der Waals surface area contributed by atoms with Crippen molar-refractivity contribution in [3.8, 4) is 0 Å². The summed E-state index contributed by atoms with van der Waals surface area (Å²) in [5.41, 5.74) is 1.08. The lowest BCUT2D eigenvalue weighted by Crippen LogP contribution is -2.53. The van der Waals surface area contributed by atoms with Crippen LogP contribution in [0.2, 0.25) is 0 Å². The molecule has 2 fully saturated rings. The first-order chi connectivity index (χ1) is 10.2. The van der Waals surface area contributed by atoms with Gasteiger partial charge >= 0.3 is 0 Å². The largest absolute Gasteiger partial charge is 0.389 e. The second kappa shape index (κ2) is 4.91. The number of rotatable bonds is 1. The summed E-state index contributed by atoms with van der Waals surface area (Å²) in [6.45, 7) is 1.76. The fourth-order valence-corrected chi connectivity index (χ4v) is 3.80. The van der Waals surface area contributed by atoms with Gasteiger partial charge in [-0.1, -0.05) is 12.8 Å². The van der Waals surface area contributed by atoms with Crippen molar-refractivity contribution in [2.75, 3.05) is 18.0 Å². The number of hydrogen-bond donors (Lipinski definition) is 1. The molecule has 0 bridgehead atoms. The van der Waals surface area contributed by atoms with Crippen molar-refractivity contribution in [3.63, 3.8) is 0 Å². The molecule has 4 rings (SSSR count). The highest BCUT2D eigenvalue weighted by atomic mass is 16.3. The average molecular weight is 284 g/mol. The van der Waals surface area contributed by atoms with E-state index < -0.39 is 5.60 Å². The van der Waals surface area contributed by atoms with Gasteiger partial charge in [-0.05, 0) is 31.4 Å². The Morgan fingerprint density at radius 2 is 2.05 bits per heavy atom. The van der Waals surface area contributed by atoms with Crippen LogP contribution in [0.25, 0.3) is 11.2 Å². The first-order valence-electron chi connectivity index (χ1n) is 7.80. The molecule has 2 aromatic heterocycles. The maximum Gasteiger partial charge on any atom is 0.180 e. The molecule has 0 amide bonds. The lowest BCUT2D eigenvalue weighted by molar-refractivity contribution is -0.0613. The standard InChI is InChI=1S/C16H20N4O/c21-16-6-2-1-3-12(16)11-20(10-7-16)14-5-4-13-15(19-14)18-9-8-17-13/h4-5,8-9,12,21H,1-3,6-7,10-11H2/t12-,16-/m1/s1. The van der Waals surface area contributed by atoms with Crippen molar-refractivity contribution in [1.82, 2.24) is 15.0 Å². The van der Waals surface area contributed by atoms with Gasteiger partial charge in [0.25, 0.3) is 0 Å². The maximum atomic E-state index is 10.8. The molecule has 2 atom stereocenters. The Hall–Kier alpha value is -1.75. The molecule has 1 saturated carbocycles. The Kier molecular flexibility index (Phi) is 3.03. The molecule has 1 saturated heterocycles. The number of anilines is 1. The maximum absolute atomic E-state index is 10.8. The van der Waals surface area contributed by atoms with Crippen LogP contribution in [0, 0.1) is 5.92 Å². The molecule has 5 heteroatoms. The molecule has 2 aromatic rings. The highest BCUT2D eigenvalue weighted by molar-refractivity contribution is 5.71. The van der Waals surface area contributed by atoms with Crippen LogP contribution in [0.15, 0.2) is 24.5 Å². The zero-order valence-corrected chi connectivity index (χ0v) is 12.1. The number of nitrogens with zero attached hydrogens (tertiary/aromatic N) is 4. The Morgan fingerprint density at radius 3 is 3.00 bits per heavy atom. The predicted molar refractivity (Wildman–Crippen MR) is 81.1 cm³/mol. The number of piperidine rings is 1. The Labute approximate surface area is 124 Å². The summed E-state index contributed by atoms with van der Waals surface area (Å²) in [7, 11) is 0. The Balaban J connectivity index is 1.61. The highest BCUT2D eigenvalue weighted by Gasteiger charge is 2.42. The van der Waals surface area contributed by atoms with Crippen LogP contribution >= 0.6 is 0 Å². The zero-order chi connectivity index (χ0) is 14.3. The van der Waals surface area contributed by atoms with E-state index in [-0.39, 0.29) is 0 Å². The van der Waals surface area contributed by atoms with Gasteiger partial charge in [0.2, 0.25) is 0 Å². The van der Waals surface area contributed by atoms with E-state index in [2.05, 4.69) is 19.9 Å². The van der Waals surface area contributed by atoms with Gasteiger partial charge in [-0.15, -0.1) is 0 Å². The minimum Gasteiger partial charge on any atom is -0.389 e. The van der Waals surface area contributed by atoms with Crippen molar-refractivity contribution < 1.29 is 5.11 Å². The SMILES string of the molecule is O[C@@]12CCCC[C@@H]1CN(c1ccc3nccnc3n1)CC2. The molecule has 0 radical (unpaired) electrons. The van der Waals surface area contributed by atoms with Crippen molar-refractivity contribution in [3.05, 3.63) is 24.5 Å². The predicted octanol–water partition coefficient (Wildman–Crippen LogP) is 2.16. The van der Waals surface area contributed by atoms with Crippen molar-refractivity contribution in [2.24, 2.45) is 5.92 Å². The summed E-state index contributed by atoms with van der Waals surface area (Å²) < 4.78 is 0. The van der Waals surface area contributed by atoms with Gasteiger partial charge < -0.3 is 10.0 Å². The van der Waals surface area contributed by atoms with Crippen LogP contribution in [0.4, 0.5) is 5.82 Å². The van der Waals surface area contributed by atoms with Crippen LogP contribution in [0.3, 0.4) is 0 Å². The molecule has 0 spiro atoms. The van der Waals surface area contributed by atoms with Crippen LogP contribution in [0.5, 0.6) is 0 Å². The Bertz CT molecular complexity index is 662. The van der Waals surface area contributed by atoms with Gasteiger partial charge in [-0.2, -0.15) is 0 Å². The average Bonchev–Trinajstić information content (AvgIpc) is 2.53. The van der Waals surface area contributed by atoms with Gasteiger partial charge in [-0.25, -0.2) is 9.97 Å². The first-order valence-corrected chi connectivity index (χ1v) is 7.80. The quantitative estimate of drug-likeness (QED) is 0.869. The van der Waals surface area contributed by atoms with Gasteiger partial charge in [-0.3, -0.25) is 4.98 Å². The van der Waals surface area contributed by atoms with E-state index in [0.717, 1.165) is 50.1 Å². The van der Waals surface area contributed by atoms with Crippen LogP contribution < -0.4 is 4.90 Å². The monoisotopic (exact) mass is 284 g/mol. The second-order valence-electron chi connectivity index (χ2n) is 6.31. The number of pyridine rings is 1. The summed E-state index contributed by atoms with van der Waals surface area (Å²) in [6, 6.07) is 4.00. The minimum atomic E-state index is -0.439. The van der Waals surface area contributed by atoms with Gasteiger partial charge in [0.05, 0.1) is 5.60 Å². The highest BCUT2D eigenvalue weighted by Crippen LogP contribution is 2.40. The smallest absolute Gasteiger partial charge is 0.180 e. The lowest BCUT2D eigenvalue weighted by Gasteiger charge is -2.47. The number of aromatic nitrogens is 3. The summed E-state index contributed by atoms with van der Waals surface area (Å²) in [4.78, 5) is 15.5. The van der Waals surface area contributed by atoms with Gasteiger partial charge in [0, 0.05) is 31.4 Å². The molecular weight excluding hydrogens is 264 g/mol. The van der Waals surface area contributed by atoms with E-state index in [1.165, 1.54) is 6.42 Å². The van der Waals surface area contributed by atoms with Crippen LogP contribution in [-0.2, 0) is 0 Å². The molecule has 3 heterocycles. The molecule has 2 aliphatic rings. The fraction of sp³-hybridized carbons (Fsp3) is 0.562. The van der Waals surface area contributed by atoms with E-state index in [1.807, 2.05) is 12.1 Å². The molecule has 21 heavy (non-hydrogen) atoms. The summed E-state index contributed by atoms with van der Waals surface area (Å²) in [5, 5.41) is 10.8. The molecule has 0 unspecified atom stereocenters. The topological polar surface area (TPSA) is 62.1 Å². The van der Waals surface area contributed by atoms with Crippen molar-refractivity contribution in [2.45, 2.75) is 37.7 Å². The van der Waals surface area contributed by atoms with E-state index in [1.54, 1.807) is 12.4 Å². The number of aliphatic hydroxyl groups is 1. The normalized spacial score (nSPS) is 29.4. The second-order valence-corrected chi connectivity index (χ2v) is 6.31. The summed E-state index contributed by atoms with van der Waals surface area (Å²) in [5.74, 6) is 1.33. The van der Waals surface area contributed by atoms with E-state index in [9.17, 15) is 5.11 Å². The third-order valence-electron chi connectivity index (χ3n) is 5.07. The summed E-state index contributed by atoms with van der Waals surface area (Å²) >= 11 is 0. The third kappa shape index (κ3) is 2.25. The lowest BCUT2D eigenvalue weighted by atomic mass is 9.71. The number of fused-ring (bicyclic) bond motifs is 2. The molecule has 5 nitrogen and oxygen atoms in total. The first kappa shape index (κ1) is 13.0. The summed E-state index contributed by atoms with van der Waals surface area (Å²) in [6.07, 6.45) is 8.69. The molecular formula is C16H20N4O. The number of hydrogen-bond acceptors (Lipinski definition) is 5. The van der Waals surface area contributed by atoms with Crippen molar-refractivity contribution in [1.29, 1.82) is 0 Å². The third-order valence-corrected chi connectivity index (χ3v) is 5.07. The van der Waals surface area contributed by atoms with E-state index in [0.29, 0.717) is 11.6 Å². The van der Waals surface area contributed by atoms with E-state index in [4.69, 9.17) is 0 Å². The molecule has 1 N–H and O–H groups in total. The fourth-order valence-electron chi connectivity index (χ4n) is 3.80. The van der Waals surface area contributed by atoms with Crippen LogP contribution in [-0.4, -0.2) is 38.7 Å². The molecule has 110 valence electrons. The molecule has 1 aliphatic carbocycles. The Morgan fingerprint density at radius 1 is 1.14 bits per heavy atom. The minimum absolute atomic E-state index is 0.374. The van der Waals surface area contributed by atoms with Crippen molar-refractivity contribution >= 4 is 17.0 Å². The molecule has 1 aliphatic heterocycles. The van der Waals surface area contributed by atoms with Crippen LogP contribution in [0.1, 0.15) is 32.1 Å².